The van der Waals surface area contributed by atoms with Crippen molar-refractivity contribution >= 4 is 19.8 Å². The number of carbonyl (C=O) groups excluding carboxylic acids is 2. The summed E-state index contributed by atoms with van der Waals surface area (Å²) < 4.78 is 5.12. The summed E-state index contributed by atoms with van der Waals surface area (Å²) in [6.07, 6.45) is 0.184. The number of benzene rings is 1. The van der Waals surface area contributed by atoms with Crippen LogP contribution in [-0.2, 0) is 9.53 Å². The maximum Gasteiger partial charge on any atom is 0.320 e. The summed E-state index contributed by atoms with van der Waals surface area (Å²) in [7, 11) is -1.55. The molecule has 0 saturated heterocycles. The van der Waals surface area contributed by atoms with Crippen LogP contribution in [0.4, 0.5) is 0 Å². The van der Waals surface area contributed by atoms with Crippen LogP contribution >= 0.6 is 0 Å². The zero-order valence-electron chi connectivity index (χ0n) is 14.0. The van der Waals surface area contributed by atoms with Crippen LogP contribution in [0.1, 0.15) is 30.6 Å². The number of hydrogen-bond donors (Lipinski definition) is 0. The Bertz CT molecular complexity index is 590. The SMILES string of the molecule is CCOC(=O)C(C)(CC#C[Si](C)(C)C)C(=O)c1ccccc1. The van der Waals surface area contributed by atoms with Crippen molar-refractivity contribution in [3.8, 4) is 11.5 Å². The van der Waals surface area contributed by atoms with Crippen LogP contribution in [-0.4, -0.2) is 26.4 Å². The molecule has 0 aliphatic heterocycles. The molecule has 4 heteroatoms. The largest absolute Gasteiger partial charge is 0.465 e. The fraction of sp³-hybridized carbons (Fsp3) is 0.444. The smallest absolute Gasteiger partial charge is 0.320 e. The molecule has 0 aromatic heterocycles. The Morgan fingerprint density at radius 2 is 1.77 bits per heavy atom. The molecule has 0 amide bonds. The molecule has 0 radical (unpaired) electrons. The number of ketones is 1. The van der Waals surface area contributed by atoms with Crippen LogP contribution in [0, 0.1) is 16.9 Å². The molecule has 0 heterocycles. The lowest BCUT2D eigenvalue weighted by molar-refractivity contribution is -0.151. The first-order valence-corrected chi connectivity index (χ1v) is 11.0. The van der Waals surface area contributed by atoms with E-state index in [1.54, 1.807) is 38.1 Å². The number of Topliss-reactive ketones (excluding diaryl/α,β-unsaturated/α-hetero) is 1. The molecule has 0 spiro atoms. The second-order valence-corrected chi connectivity index (χ2v) is 11.2. The Labute approximate surface area is 134 Å². The van der Waals surface area contributed by atoms with E-state index in [0.29, 0.717) is 5.56 Å². The third kappa shape index (κ3) is 4.85. The Morgan fingerprint density at radius 1 is 1.18 bits per heavy atom. The highest BCUT2D eigenvalue weighted by Gasteiger charge is 2.42. The lowest BCUT2D eigenvalue weighted by atomic mass is 9.79. The van der Waals surface area contributed by atoms with E-state index in [2.05, 4.69) is 31.1 Å². The van der Waals surface area contributed by atoms with Gasteiger partial charge in [0, 0.05) is 12.0 Å². The summed E-state index contributed by atoms with van der Waals surface area (Å²) in [4.78, 5) is 25.1. The van der Waals surface area contributed by atoms with E-state index >= 15 is 0 Å². The Hall–Kier alpha value is -1.86. The highest BCUT2D eigenvalue weighted by atomic mass is 28.3. The van der Waals surface area contributed by atoms with Gasteiger partial charge in [0.05, 0.1) is 6.61 Å². The summed E-state index contributed by atoms with van der Waals surface area (Å²) >= 11 is 0. The Balaban J connectivity index is 3.13. The summed E-state index contributed by atoms with van der Waals surface area (Å²) in [5.74, 6) is 2.30. The molecule has 0 aliphatic carbocycles. The van der Waals surface area contributed by atoms with Gasteiger partial charge >= 0.3 is 5.97 Å². The van der Waals surface area contributed by atoms with E-state index in [1.807, 2.05) is 6.07 Å². The molecule has 1 unspecified atom stereocenters. The highest BCUT2D eigenvalue weighted by molar-refractivity contribution is 6.83. The zero-order chi connectivity index (χ0) is 16.8. The standard InChI is InChI=1S/C18H24O3Si/c1-6-21-17(20)18(2,13-10-14-22(3,4)5)16(19)15-11-8-7-9-12-15/h7-9,11-12H,6,13H2,1-5H3. The molecule has 118 valence electrons. The fourth-order valence-corrected chi connectivity index (χ4v) is 2.55. The molecule has 1 aromatic rings. The molecule has 1 atom stereocenters. The van der Waals surface area contributed by atoms with Crippen LogP contribution < -0.4 is 0 Å². The van der Waals surface area contributed by atoms with Crippen molar-refractivity contribution in [2.24, 2.45) is 5.41 Å². The second kappa shape index (κ2) is 7.41. The summed E-state index contributed by atoms with van der Waals surface area (Å²) in [5, 5.41) is 0. The molecule has 3 nitrogen and oxygen atoms in total. The van der Waals surface area contributed by atoms with E-state index in [0.717, 1.165) is 0 Å². The van der Waals surface area contributed by atoms with Crippen LogP contribution in [0.25, 0.3) is 0 Å². The molecular weight excluding hydrogens is 292 g/mol. The van der Waals surface area contributed by atoms with Crippen LogP contribution in [0.15, 0.2) is 30.3 Å². The predicted molar refractivity (Wildman–Crippen MR) is 91.3 cm³/mol. The van der Waals surface area contributed by atoms with E-state index < -0.39 is 19.5 Å². The van der Waals surface area contributed by atoms with Gasteiger partial charge in [-0.05, 0) is 13.8 Å². The maximum atomic E-state index is 12.8. The molecule has 0 N–H and O–H groups in total. The number of ether oxygens (including phenoxy) is 1. The Morgan fingerprint density at radius 3 is 2.27 bits per heavy atom. The third-order valence-corrected chi connectivity index (χ3v) is 4.10. The molecule has 0 fully saturated rings. The van der Waals surface area contributed by atoms with Gasteiger partial charge in [-0.3, -0.25) is 9.59 Å². The van der Waals surface area contributed by atoms with Crippen molar-refractivity contribution in [3.63, 3.8) is 0 Å². The van der Waals surface area contributed by atoms with Crippen LogP contribution in [0.5, 0.6) is 0 Å². The van der Waals surface area contributed by atoms with Crippen molar-refractivity contribution in [2.75, 3.05) is 6.61 Å². The zero-order valence-corrected chi connectivity index (χ0v) is 15.0. The molecule has 0 saturated carbocycles. The van der Waals surface area contributed by atoms with Gasteiger partial charge in [0.15, 0.2) is 5.78 Å². The minimum Gasteiger partial charge on any atom is -0.465 e. The van der Waals surface area contributed by atoms with Crippen molar-refractivity contribution in [1.29, 1.82) is 0 Å². The van der Waals surface area contributed by atoms with Gasteiger partial charge in [-0.25, -0.2) is 0 Å². The van der Waals surface area contributed by atoms with E-state index in [9.17, 15) is 9.59 Å². The quantitative estimate of drug-likeness (QED) is 0.273. The monoisotopic (exact) mass is 316 g/mol. The van der Waals surface area contributed by atoms with Gasteiger partial charge in [-0.2, -0.15) is 0 Å². The minimum absolute atomic E-state index is 0.184. The minimum atomic E-state index is -1.55. The van der Waals surface area contributed by atoms with Crippen molar-refractivity contribution in [1.82, 2.24) is 0 Å². The highest BCUT2D eigenvalue weighted by Crippen LogP contribution is 2.28. The fourth-order valence-electron chi connectivity index (χ4n) is 1.93. The molecule has 1 aromatic carbocycles. The first-order chi connectivity index (χ1) is 10.2. The third-order valence-electron chi connectivity index (χ3n) is 3.17. The van der Waals surface area contributed by atoms with Crippen molar-refractivity contribution < 1.29 is 14.3 Å². The number of hydrogen-bond acceptors (Lipinski definition) is 3. The van der Waals surface area contributed by atoms with E-state index in [-0.39, 0.29) is 18.8 Å². The number of carbonyl (C=O) groups is 2. The van der Waals surface area contributed by atoms with Gasteiger partial charge in [-0.1, -0.05) is 50.0 Å². The predicted octanol–water partition coefficient (Wildman–Crippen LogP) is 3.71. The Kier molecular flexibility index (Phi) is 6.13. The van der Waals surface area contributed by atoms with Gasteiger partial charge in [0.2, 0.25) is 0 Å². The first kappa shape index (κ1) is 18.2. The average molecular weight is 316 g/mol. The van der Waals surface area contributed by atoms with Gasteiger partial charge < -0.3 is 4.74 Å². The van der Waals surface area contributed by atoms with Crippen LogP contribution in [0.2, 0.25) is 19.6 Å². The van der Waals surface area contributed by atoms with E-state index in [1.165, 1.54) is 0 Å². The van der Waals surface area contributed by atoms with Crippen LogP contribution in [0.3, 0.4) is 0 Å². The number of esters is 1. The normalized spacial score (nSPS) is 13.5. The second-order valence-electron chi connectivity index (χ2n) is 6.48. The topological polar surface area (TPSA) is 43.4 Å². The van der Waals surface area contributed by atoms with Crippen molar-refractivity contribution in [3.05, 3.63) is 35.9 Å². The summed E-state index contributed by atoms with van der Waals surface area (Å²) in [6, 6.07) is 8.83. The number of rotatable bonds is 5. The van der Waals surface area contributed by atoms with Crippen molar-refractivity contribution in [2.45, 2.75) is 39.9 Å². The molecule has 0 aliphatic rings. The van der Waals surface area contributed by atoms with Gasteiger partial charge in [0.25, 0.3) is 0 Å². The maximum absolute atomic E-state index is 12.8. The van der Waals surface area contributed by atoms with Gasteiger partial charge in [0.1, 0.15) is 13.5 Å². The molecule has 1 rings (SSSR count). The summed E-state index contributed by atoms with van der Waals surface area (Å²) in [6.45, 7) is 9.98. The summed E-state index contributed by atoms with van der Waals surface area (Å²) in [5.41, 5.74) is 2.46. The molecule has 0 bridgehead atoms. The first-order valence-electron chi connectivity index (χ1n) is 7.48. The van der Waals surface area contributed by atoms with E-state index in [4.69, 9.17) is 4.74 Å². The average Bonchev–Trinajstić information content (AvgIpc) is 2.46. The molecular formula is C18H24O3Si. The lowest BCUT2D eigenvalue weighted by Gasteiger charge is -2.24. The van der Waals surface area contributed by atoms with Gasteiger partial charge in [-0.15, -0.1) is 11.5 Å². The lowest BCUT2D eigenvalue weighted by Crippen LogP contribution is -2.38. The molecule has 22 heavy (non-hydrogen) atoms.